The zero-order valence-electron chi connectivity index (χ0n) is 10.7. The van der Waals surface area contributed by atoms with Gasteiger partial charge in [-0.15, -0.1) is 0 Å². The number of esters is 1. The van der Waals surface area contributed by atoms with Crippen LogP contribution in [0.5, 0.6) is 0 Å². The molecule has 1 rings (SSSR count). The number of rotatable bonds is 5. The standard InChI is InChI=1S/C11H13FN2O4S2/c1-6(11(15)18-2)20(16,17)14-8-5-3-4-7(12)9(8)10(13)19/h3-6,14H,1-2H3,(H2,13,19). The second-order valence-corrected chi connectivity index (χ2v) is 6.28. The maximum absolute atomic E-state index is 13.6. The summed E-state index contributed by atoms with van der Waals surface area (Å²) in [5, 5.41) is -1.46. The molecule has 0 aliphatic carbocycles. The van der Waals surface area contributed by atoms with E-state index in [0.29, 0.717) is 0 Å². The topological polar surface area (TPSA) is 98.5 Å². The van der Waals surface area contributed by atoms with Gasteiger partial charge in [-0.3, -0.25) is 9.52 Å². The lowest BCUT2D eigenvalue weighted by Gasteiger charge is -2.15. The van der Waals surface area contributed by atoms with Gasteiger partial charge in [0, 0.05) is 0 Å². The Morgan fingerprint density at radius 1 is 1.50 bits per heavy atom. The van der Waals surface area contributed by atoms with E-state index in [9.17, 15) is 17.6 Å². The zero-order chi connectivity index (χ0) is 15.5. The number of methoxy groups -OCH3 is 1. The summed E-state index contributed by atoms with van der Waals surface area (Å²) in [7, 11) is -3.04. The van der Waals surface area contributed by atoms with Gasteiger partial charge in [0.05, 0.1) is 18.4 Å². The van der Waals surface area contributed by atoms with E-state index < -0.39 is 27.1 Å². The first-order valence-electron chi connectivity index (χ1n) is 5.38. The number of sulfonamides is 1. The monoisotopic (exact) mass is 320 g/mol. The van der Waals surface area contributed by atoms with Crippen molar-refractivity contribution in [2.45, 2.75) is 12.2 Å². The third kappa shape index (κ3) is 3.42. The molecule has 110 valence electrons. The van der Waals surface area contributed by atoms with E-state index in [2.05, 4.69) is 21.7 Å². The quantitative estimate of drug-likeness (QED) is 0.614. The number of hydrogen-bond acceptors (Lipinski definition) is 5. The highest BCUT2D eigenvalue weighted by atomic mass is 32.2. The van der Waals surface area contributed by atoms with Crippen LogP contribution in [0.25, 0.3) is 0 Å². The van der Waals surface area contributed by atoms with Crippen molar-refractivity contribution in [3.8, 4) is 0 Å². The number of nitrogens with one attached hydrogen (secondary N) is 1. The highest BCUT2D eigenvalue weighted by Crippen LogP contribution is 2.21. The molecule has 9 heteroatoms. The first kappa shape index (κ1) is 16.3. The predicted octanol–water partition coefficient (Wildman–Crippen LogP) is 0.763. The third-order valence-corrected chi connectivity index (χ3v) is 4.34. The van der Waals surface area contributed by atoms with Crippen LogP contribution < -0.4 is 10.5 Å². The van der Waals surface area contributed by atoms with Gasteiger partial charge in [0.2, 0.25) is 10.0 Å². The van der Waals surface area contributed by atoms with Gasteiger partial charge < -0.3 is 10.5 Å². The number of thiocarbonyl (C=S) groups is 1. The fraction of sp³-hybridized carbons (Fsp3) is 0.273. The van der Waals surface area contributed by atoms with Gasteiger partial charge in [0.15, 0.2) is 5.25 Å². The Kier molecular flexibility index (Phi) is 5.01. The molecule has 1 unspecified atom stereocenters. The maximum Gasteiger partial charge on any atom is 0.325 e. The smallest absolute Gasteiger partial charge is 0.325 e. The summed E-state index contributed by atoms with van der Waals surface area (Å²) in [6, 6.07) is 3.67. The van der Waals surface area contributed by atoms with Gasteiger partial charge in [-0.2, -0.15) is 0 Å². The fourth-order valence-electron chi connectivity index (χ4n) is 1.39. The van der Waals surface area contributed by atoms with Crippen LogP contribution in [0.15, 0.2) is 18.2 Å². The molecule has 0 fully saturated rings. The lowest BCUT2D eigenvalue weighted by atomic mass is 10.2. The summed E-state index contributed by atoms with van der Waals surface area (Å²) in [5.74, 6) is -1.70. The van der Waals surface area contributed by atoms with E-state index in [4.69, 9.17) is 5.73 Å². The molecule has 1 aromatic carbocycles. The normalized spacial score (nSPS) is 12.6. The minimum atomic E-state index is -4.10. The lowest BCUT2D eigenvalue weighted by Crippen LogP contribution is -2.33. The fourth-order valence-corrected chi connectivity index (χ4v) is 2.60. The largest absolute Gasteiger partial charge is 0.468 e. The molecule has 6 nitrogen and oxygen atoms in total. The average molecular weight is 320 g/mol. The second-order valence-electron chi connectivity index (χ2n) is 3.84. The molecule has 1 atom stereocenters. The van der Waals surface area contributed by atoms with Crippen LogP contribution in [0.4, 0.5) is 10.1 Å². The van der Waals surface area contributed by atoms with Crippen molar-refractivity contribution in [2.75, 3.05) is 11.8 Å². The molecule has 1 aromatic rings. The van der Waals surface area contributed by atoms with E-state index in [0.717, 1.165) is 20.1 Å². The number of nitrogens with two attached hydrogens (primary N) is 1. The molecule has 0 radical (unpaired) electrons. The summed E-state index contributed by atoms with van der Waals surface area (Å²) in [4.78, 5) is 11.0. The molecule has 0 saturated heterocycles. The zero-order valence-corrected chi connectivity index (χ0v) is 12.3. The molecule has 0 aliphatic heterocycles. The Morgan fingerprint density at radius 2 is 2.10 bits per heavy atom. The highest BCUT2D eigenvalue weighted by Gasteiger charge is 2.30. The van der Waals surface area contributed by atoms with Gasteiger partial charge in [-0.25, -0.2) is 12.8 Å². The number of carbonyl (C=O) groups is 1. The van der Waals surface area contributed by atoms with Crippen molar-refractivity contribution in [1.29, 1.82) is 0 Å². The predicted molar refractivity (Wildman–Crippen MR) is 76.3 cm³/mol. The number of halogens is 1. The number of carbonyl (C=O) groups excluding carboxylic acids is 1. The van der Waals surface area contributed by atoms with E-state index in [1.165, 1.54) is 12.1 Å². The molecule has 20 heavy (non-hydrogen) atoms. The second kappa shape index (κ2) is 6.14. The van der Waals surface area contributed by atoms with E-state index in [-0.39, 0.29) is 16.2 Å². The first-order chi connectivity index (χ1) is 9.20. The van der Waals surface area contributed by atoms with Crippen molar-refractivity contribution < 1.29 is 22.3 Å². The molecule has 0 amide bonds. The van der Waals surface area contributed by atoms with Gasteiger partial charge in [-0.1, -0.05) is 18.3 Å². The summed E-state index contributed by atoms with van der Waals surface area (Å²) in [5.41, 5.74) is 5.00. The van der Waals surface area contributed by atoms with Crippen molar-refractivity contribution in [2.24, 2.45) is 5.73 Å². The van der Waals surface area contributed by atoms with E-state index in [1.807, 2.05) is 0 Å². The van der Waals surface area contributed by atoms with Crippen molar-refractivity contribution in [3.63, 3.8) is 0 Å². The number of anilines is 1. The molecular formula is C11H13FN2O4S2. The highest BCUT2D eigenvalue weighted by molar-refractivity contribution is 7.94. The lowest BCUT2D eigenvalue weighted by molar-refractivity contribution is -0.139. The molecule has 3 N–H and O–H groups in total. The Bertz CT molecular complexity index is 646. The average Bonchev–Trinajstić information content (AvgIpc) is 2.36. The first-order valence-corrected chi connectivity index (χ1v) is 7.34. The van der Waals surface area contributed by atoms with E-state index >= 15 is 0 Å². The molecule has 0 aliphatic rings. The van der Waals surface area contributed by atoms with Crippen LogP contribution >= 0.6 is 12.2 Å². The summed E-state index contributed by atoms with van der Waals surface area (Å²) < 4.78 is 44.0. The van der Waals surface area contributed by atoms with Gasteiger partial charge >= 0.3 is 5.97 Å². The Morgan fingerprint density at radius 3 is 2.60 bits per heavy atom. The molecule has 0 bridgehead atoms. The minimum absolute atomic E-state index is 0.131. The van der Waals surface area contributed by atoms with Crippen LogP contribution in [0.3, 0.4) is 0 Å². The Balaban J connectivity index is 3.20. The van der Waals surface area contributed by atoms with Gasteiger partial charge in [-0.05, 0) is 19.1 Å². The SMILES string of the molecule is COC(=O)C(C)S(=O)(=O)Nc1cccc(F)c1C(N)=S. The summed E-state index contributed by atoms with van der Waals surface area (Å²) in [6.45, 7) is 1.15. The third-order valence-electron chi connectivity index (χ3n) is 2.51. The van der Waals surface area contributed by atoms with Crippen LogP contribution in [0.1, 0.15) is 12.5 Å². The molecule has 0 aromatic heterocycles. The van der Waals surface area contributed by atoms with Crippen molar-refractivity contribution in [3.05, 3.63) is 29.6 Å². The van der Waals surface area contributed by atoms with E-state index in [1.54, 1.807) is 0 Å². The molecule has 0 heterocycles. The van der Waals surface area contributed by atoms with Crippen LogP contribution in [-0.2, 0) is 19.6 Å². The summed E-state index contributed by atoms with van der Waals surface area (Å²) >= 11 is 4.68. The van der Waals surface area contributed by atoms with Crippen LogP contribution in [0, 0.1) is 5.82 Å². The maximum atomic E-state index is 13.6. The Hall–Kier alpha value is -1.74. The van der Waals surface area contributed by atoms with Crippen molar-refractivity contribution >= 4 is 38.9 Å². The molecule has 0 saturated carbocycles. The number of benzene rings is 1. The Labute approximate surface area is 121 Å². The van der Waals surface area contributed by atoms with Gasteiger partial charge in [0.1, 0.15) is 10.8 Å². The van der Waals surface area contributed by atoms with Crippen LogP contribution in [-0.4, -0.2) is 31.7 Å². The van der Waals surface area contributed by atoms with Crippen LogP contribution in [0.2, 0.25) is 0 Å². The van der Waals surface area contributed by atoms with Crippen molar-refractivity contribution in [1.82, 2.24) is 0 Å². The van der Waals surface area contributed by atoms with Gasteiger partial charge in [0.25, 0.3) is 0 Å². The number of ether oxygens (including phenoxy) is 1. The summed E-state index contributed by atoms with van der Waals surface area (Å²) in [6.07, 6.45) is 0. The molecule has 0 spiro atoms. The minimum Gasteiger partial charge on any atom is -0.468 e. The molecular weight excluding hydrogens is 307 g/mol. The number of hydrogen-bond donors (Lipinski definition) is 2.